The highest BCUT2D eigenvalue weighted by Gasteiger charge is 2.16. The predicted octanol–water partition coefficient (Wildman–Crippen LogP) is 4.82. The standard InChI is InChI=1S/C24H23ClN2O6S/c1-31-21-13-7-16(23(32-2)24(21)33-3)8-14-22(28)26-18-9-11-20(12-10-18)34(29,30)27-19-6-4-5-17(25)15-19/h4-15,27H,1-3H3,(H,26,28). The number of halogens is 1. The van der Waals surface area contributed by atoms with Crippen LogP contribution in [0.25, 0.3) is 6.08 Å². The molecule has 8 nitrogen and oxygen atoms in total. The third-order valence-electron chi connectivity index (χ3n) is 4.66. The third-order valence-corrected chi connectivity index (χ3v) is 6.29. The molecule has 0 aliphatic carbocycles. The Morgan fingerprint density at radius 3 is 2.21 bits per heavy atom. The van der Waals surface area contributed by atoms with E-state index in [2.05, 4.69) is 10.0 Å². The van der Waals surface area contributed by atoms with Crippen molar-refractivity contribution in [2.45, 2.75) is 4.90 Å². The summed E-state index contributed by atoms with van der Waals surface area (Å²) in [6, 6.07) is 15.6. The molecule has 0 unspecified atom stereocenters. The molecule has 0 atom stereocenters. The minimum Gasteiger partial charge on any atom is -0.493 e. The van der Waals surface area contributed by atoms with Crippen molar-refractivity contribution in [1.29, 1.82) is 0 Å². The third kappa shape index (κ3) is 6.00. The van der Waals surface area contributed by atoms with Crippen molar-refractivity contribution in [3.8, 4) is 17.2 Å². The molecular formula is C24H23ClN2O6S. The predicted molar refractivity (Wildman–Crippen MR) is 132 cm³/mol. The second kappa shape index (κ2) is 11.0. The van der Waals surface area contributed by atoms with E-state index in [1.807, 2.05) is 0 Å². The van der Waals surface area contributed by atoms with Gasteiger partial charge in [0.1, 0.15) is 0 Å². The smallest absolute Gasteiger partial charge is 0.261 e. The lowest BCUT2D eigenvalue weighted by Gasteiger charge is -2.14. The van der Waals surface area contributed by atoms with E-state index in [4.69, 9.17) is 25.8 Å². The molecule has 0 aliphatic heterocycles. The van der Waals surface area contributed by atoms with Crippen LogP contribution in [0, 0.1) is 0 Å². The van der Waals surface area contributed by atoms with Crippen molar-refractivity contribution in [2.24, 2.45) is 0 Å². The quantitative estimate of drug-likeness (QED) is 0.407. The Morgan fingerprint density at radius 1 is 0.882 bits per heavy atom. The van der Waals surface area contributed by atoms with Gasteiger partial charge < -0.3 is 19.5 Å². The molecule has 0 heterocycles. The first kappa shape index (κ1) is 24.9. The van der Waals surface area contributed by atoms with Gasteiger partial charge in [0.05, 0.1) is 31.9 Å². The summed E-state index contributed by atoms with van der Waals surface area (Å²) in [4.78, 5) is 12.4. The zero-order valence-electron chi connectivity index (χ0n) is 18.7. The molecule has 1 amide bonds. The summed E-state index contributed by atoms with van der Waals surface area (Å²) in [5.74, 6) is 0.925. The molecular weight excluding hydrogens is 480 g/mol. The zero-order chi connectivity index (χ0) is 24.7. The van der Waals surface area contributed by atoms with Gasteiger partial charge in [0.25, 0.3) is 10.0 Å². The van der Waals surface area contributed by atoms with Crippen molar-refractivity contribution >= 4 is 45.0 Å². The summed E-state index contributed by atoms with van der Waals surface area (Å²) in [7, 11) is 0.692. The Balaban J connectivity index is 1.70. The number of benzene rings is 3. The van der Waals surface area contributed by atoms with Crippen molar-refractivity contribution < 1.29 is 27.4 Å². The van der Waals surface area contributed by atoms with Gasteiger partial charge in [0.15, 0.2) is 11.5 Å². The van der Waals surface area contributed by atoms with Gasteiger partial charge in [0, 0.05) is 22.3 Å². The number of nitrogens with one attached hydrogen (secondary N) is 2. The Hall–Kier alpha value is -3.69. The number of amides is 1. The summed E-state index contributed by atoms with van der Waals surface area (Å²) in [6.07, 6.45) is 2.90. The Labute approximate surface area is 203 Å². The molecule has 0 fully saturated rings. The molecule has 0 bridgehead atoms. The van der Waals surface area contributed by atoms with Crippen LogP contribution in [-0.4, -0.2) is 35.7 Å². The SMILES string of the molecule is COc1ccc(C=CC(=O)Nc2ccc(S(=O)(=O)Nc3cccc(Cl)c3)cc2)c(OC)c1OC. The molecule has 0 saturated heterocycles. The molecule has 0 radical (unpaired) electrons. The summed E-state index contributed by atoms with van der Waals surface area (Å²) in [6.45, 7) is 0. The van der Waals surface area contributed by atoms with E-state index >= 15 is 0 Å². The summed E-state index contributed by atoms with van der Waals surface area (Å²) in [5.41, 5.74) is 1.39. The topological polar surface area (TPSA) is 103 Å². The lowest BCUT2D eigenvalue weighted by atomic mass is 10.1. The highest BCUT2D eigenvalue weighted by atomic mass is 35.5. The highest BCUT2D eigenvalue weighted by molar-refractivity contribution is 7.92. The van der Waals surface area contributed by atoms with E-state index in [1.54, 1.807) is 36.4 Å². The van der Waals surface area contributed by atoms with Crippen LogP contribution in [0.5, 0.6) is 17.2 Å². The van der Waals surface area contributed by atoms with E-state index in [1.165, 1.54) is 57.7 Å². The van der Waals surface area contributed by atoms with Gasteiger partial charge >= 0.3 is 0 Å². The van der Waals surface area contributed by atoms with Crippen LogP contribution in [0.4, 0.5) is 11.4 Å². The first-order valence-electron chi connectivity index (χ1n) is 9.94. The maximum absolute atomic E-state index is 12.6. The van der Waals surface area contributed by atoms with Crippen LogP contribution in [0.2, 0.25) is 5.02 Å². The number of carbonyl (C=O) groups is 1. The van der Waals surface area contributed by atoms with Gasteiger partial charge in [-0.2, -0.15) is 0 Å². The number of hydrogen-bond donors (Lipinski definition) is 2. The fraction of sp³-hybridized carbons (Fsp3) is 0.125. The van der Waals surface area contributed by atoms with Crippen LogP contribution in [0.3, 0.4) is 0 Å². The van der Waals surface area contributed by atoms with Crippen molar-refractivity contribution in [3.05, 3.63) is 77.3 Å². The molecule has 10 heteroatoms. The van der Waals surface area contributed by atoms with Gasteiger partial charge in [-0.15, -0.1) is 0 Å². The molecule has 0 aliphatic rings. The van der Waals surface area contributed by atoms with Crippen LogP contribution in [0.1, 0.15) is 5.56 Å². The van der Waals surface area contributed by atoms with Crippen molar-refractivity contribution in [1.82, 2.24) is 0 Å². The number of sulfonamides is 1. The Morgan fingerprint density at radius 2 is 1.59 bits per heavy atom. The largest absolute Gasteiger partial charge is 0.493 e. The van der Waals surface area contributed by atoms with E-state index in [0.717, 1.165) is 0 Å². The first-order valence-corrected chi connectivity index (χ1v) is 11.8. The monoisotopic (exact) mass is 502 g/mol. The van der Waals surface area contributed by atoms with E-state index < -0.39 is 15.9 Å². The normalized spacial score (nSPS) is 11.2. The van der Waals surface area contributed by atoms with Gasteiger partial charge in [-0.3, -0.25) is 9.52 Å². The van der Waals surface area contributed by atoms with E-state index in [9.17, 15) is 13.2 Å². The van der Waals surface area contributed by atoms with Crippen LogP contribution >= 0.6 is 11.6 Å². The Bertz CT molecular complexity index is 1310. The van der Waals surface area contributed by atoms with Gasteiger partial charge in [0.2, 0.25) is 11.7 Å². The van der Waals surface area contributed by atoms with Gasteiger partial charge in [-0.1, -0.05) is 17.7 Å². The Kier molecular flexibility index (Phi) is 8.04. The number of carbonyl (C=O) groups excluding carboxylic acids is 1. The maximum Gasteiger partial charge on any atom is 0.261 e. The molecule has 3 aromatic carbocycles. The molecule has 3 rings (SSSR count). The number of rotatable bonds is 9. The molecule has 34 heavy (non-hydrogen) atoms. The van der Waals surface area contributed by atoms with Crippen LogP contribution in [-0.2, 0) is 14.8 Å². The van der Waals surface area contributed by atoms with Gasteiger partial charge in [-0.05, 0) is 60.7 Å². The second-order valence-corrected chi connectivity index (χ2v) is 9.01. The average Bonchev–Trinajstić information content (AvgIpc) is 2.82. The van der Waals surface area contributed by atoms with E-state index in [-0.39, 0.29) is 4.90 Å². The molecule has 3 aromatic rings. The lowest BCUT2D eigenvalue weighted by Crippen LogP contribution is -2.13. The summed E-state index contributed by atoms with van der Waals surface area (Å²) >= 11 is 5.90. The minimum absolute atomic E-state index is 0.0380. The van der Waals surface area contributed by atoms with Gasteiger partial charge in [-0.25, -0.2) is 8.42 Å². The molecule has 0 aromatic heterocycles. The fourth-order valence-electron chi connectivity index (χ4n) is 3.09. The minimum atomic E-state index is -3.81. The molecule has 178 valence electrons. The molecule has 0 spiro atoms. The number of methoxy groups -OCH3 is 3. The zero-order valence-corrected chi connectivity index (χ0v) is 20.2. The maximum atomic E-state index is 12.6. The van der Waals surface area contributed by atoms with Crippen LogP contribution < -0.4 is 24.2 Å². The van der Waals surface area contributed by atoms with Crippen LogP contribution in [0.15, 0.2) is 71.6 Å². The molecule has 2 N–H and O–H groups in total. The number of ether oxygens (including phenoxy) is 3. The number of anilines is 2. The first-order chi connectivity index (χ1) is 16.3. The molecule has 0 saturated carbocycles. The number of hydrogen-bond acceptors (Lipinski definition) is 6. The fourth-order valence-corrected chi connectivity index (χ4v) is 4.33. The van der Waals surface area contributed by atoms with Crippen molar-refractivity contribution in [2.75, 3.05) is 31.4 Å². The highest BCUT2D eigenvalue weighted by Crippen LogP contribution is 2.40. The van der Waals surface area contributed by atoms with E-state index in [0.29, 0.717) is 39.2 Å². The van der Waals surface area contributed by atoms with Crippen molar-refractivity contribution in [3.63, 3.8) is 0 Å². The second-order valence-electron chi connectivity index (χ2n) is 6.89. The summed E-state index contributed by atoms with van der Waals surface area (Å²) < 4.78 is 43.6. The lowest BCUT2D eigenvalue weighted by molar-refractivity contribution is -0.111. The summed E-state index contributed by atoms with van der Waals surface area (Å²) in [5, 5.41) is 3.10. The average molecular weight is 503 g/mol.